The fourth-order valence-corrected chi connectivity index (χ4v) is 3.63. The Morgan fingerprint density at radius 3 is 2.50 bits per heavy atom. The average Bonchev–Trinajstić information content (AvgIpc) is 2.35. The predicted octanol–water partition coefficient (Wildman–Crippen LogP) is 2.74. The first-order valence-corrected chi connectivity index (χ1v) is 8.54. The van der Waals surface area contributed by atoms with Crippen LogP contribution in [0.4, 0.5) is 0 Å². The fourth-order valence-electron chi connectivity index (χ4n) is 3.63. The van der Waals surface area contributed by atoms with E-state index < -0.39 is 0 Å². The second-order valence-corrected chi connectivity index (χ2v) is 7.21. The van der Waals surface area contributed by atoms with Crippen molar-refractivity contribution in [2.24, 2.45) is 17.8 Å². The van der Waals surface area contributed by atoms with Gasteiger partial charge in [0.15, 0.2) is 0 Å². The molecule has 3 heteroatoms. The van der Waals surface area contributed by atoms with E-state index in [2.05, 4.69) is 38.0 Å². The van der Waals surface area contributed by atoms with Crippen LogP contribution in [-0.2, 0) is 0 Å². The fraction of sp³-hybridized carbons (Fsp3) is 1.00. The quantitative estimate of drug-likeness (QED) is 0.719. The summed E-state index contributed by atoms with van der Waals surface area (Å²) in [7, 11) is 2.14. The molecule has 1 fully saturated rings. The van der Waals surface area contributed by atoms with Gasteiger partial charge in [0.05, 0.1) is 6.10 Å². The number of likely N-dealkylation sites (N-methyl/N-ethyl adjacent to an activating group) is 1. The lowest BCUT2D eigenvalue weighted by Gasteiger charge is -2.40. The number of hydrogen-bond donors (Lipinski definition) is 2. The highest BCUT2D eigenvalue weighted by Crippen LogP contribution is 2.34. The molecule has 4 atom stereocenters. The van der Waals surface area contributed by atoms with Crippen molar-refractivity contribution >= 4 is 0 Å². The molecule has 0 aromatic heterocycles. The molecule has 0 aromatic carbocycles. The normalized spacial score (nSPS) is 29.1. The highest BCUT2D eigenvalue weighted by atomic mass is 16.3. The van der Waals surface area contributed by atoms with E-state index in [1.54, 1.807) is 0 Å². The minimum Gasteiger partial charge on any atom is -0.392 e. The summed E-state index contributed by atoms with van der Waals surface area (Å²) in [5.74, 6) is 2.40. The van der Waals surface area contributed by atoms with Crippen molar-refractivity contribution in [1.29, 1.82) is 0 Å². The number of aliphatic hydroxyl groups is 1. The molecular weight excluding hydrogens is 248 g/mol. The molecule has 20 heavy (non-hydrogen) atoms. The Hall–Kier alpha value is -0.120. The van der Waals surface area contributed by atoms with E-state index in [0.29, 0.717) is 6.04 Å². The van der Waals surface area contributed by atoms with Gasteiger partial charge in [-0.05, 0) is 64.0 Å². The van der Waals surface area contributed by atoms with Crippen molar-refractivity contribution in [3.05, 3.63) is 0 Å². The van der Waals surface area contributed by atoms with Gasteiger partial charge in [-0.15, -0.1) is 0 Å². The van der Waals surface area contributed by atoms with Crippen LogP contribution in [0, 0.1) is 17.8 Å². The van der Waals surface area contributed by atoms with Crippen molar-refractivity contribution in [1.82, 2.24) is 10.2 Å². The van der Waals surface area contributed by atoms with Gasteiger partial charge in [-0.25, -0.2) is 0 Å². The maximum atomic E-state index is 9.54. The van der Waals surface area contributed by atoms with Gasteiger partial charge in [0, 0.05) is 19.1 Å². The highest BCUT2D eigenvalue weighted by Gasteiger charge is 2.32. The van der Waals surface area contributed by atoms with Gasteiger partial charge < -0.3 is 15.3 Å². The number of rotatable bonds is 8. The molecule has 0 amide bonds. The van der Waals surface area contributed by atoms with E-state index in [-0.39, 0.29) is 6.10 Å². The van der Waals surface area contributed by atoms with Crippen LogP contribution in [-0.4, -0.2) is 48.8 Å². The lowest BCUT2D eigenvalue weighted by atomic mass is 9.73. The van der Waals surface area contributed by atoms with Crippen LogP contribution in [0.2, 0.25) is 0 Å². The first-order valence-electron chi connectivity index (χ1n) is 8.54. The Morgan fingerprint density at radius 1 is 1.25 bits per heavy atom. The predicted molar refractivity (Wildman–Crippen MR) is 86.9 cm³/mol. The summed E-state index contributed by atoms with van der Waals surface area (Å²) < 4.78 is 0. The van der Waals surface area contributed by atoms with Crippen LogP contribution in [0.5, 0.6) is 0 Å². The molecule has 0 heterocycles. The number of aliphatic hydroxyl groups excluding tert-OH is 1. The van der Waals surface area contributed by atoms with E-state index in [0.717, 1.165) is 37.4 Å². The zero-order valence-electron chi connectivity index (χ0n) is 14.2. The molecule has 0 spiro atoms. The largest absolute Gasteiger partial charge is 0.392 e. The minimum absolute atomic E-state index is 0.230. The molecule has 1 aliphatic carbocycles. The molecule has 0 radical (unpaired) electrons. The van der Waals surface area contributed by atoms with Crippen LogP contribution < -0.4 is 5.32 Å². The van der Waals surface area contributed by atoms with Crippen LogP contribution in [0.15, 0.2) is 0 Å². The summed E-state index contributed by atoms with van der Waals surface area (Å²) in [6, 6.07) is 0.668. The van der Waals surface area contributed by atoms with Crippen molar-refractivity contribution in [2.75, 3.05) is 26.7 Å². The van der Waals surface area contributed by atoms with Crippen LogP contribution in [0.3, 0.4) is 0 Å². The van der Waals surface area contributed by atoms with Gasteiger partial charge in [0.1, 0.15) is 0 Å². The summed E-state index contributed by atoms with van der Waals surface area (Å²) in [6.45, 7) is 11.9. The van der Waals surface area contributed by atoms with Crippen LogP contribution >= 0.6 is 0 Å². The van der Waals surface area contributed by atoms with Crippen molar-refractivity contribution < 1.29 is 5.11 Å². The molecular formula is C17H36N2O. The van der Waals surface area contributed by atoms with E-state index in [1.807, 2.05) is 6.92 Å². The van der Waals surface area contributed by atoms with Crippen LogP contribution in [0.1, 0.15) is 53.4 Å². The summed E-state index contributed by atoms with van der Waals surface area (Å²) >= 11 is 0. The molecule has 120 valence electrons. The topological polar surface area (TPSA) is 35.5 Å². The third kappa shape index (κ3) is 6.11. The number of hydrogen-bond acceptors (Lipinski definition) is 3. The first kappa shape index (κ1) is 17.9. The van der Waals surface area contributed by atoms with E-state index >= 15 is 0 Å². The standard InChI is InChI=1S/C17H36N2O/c1-6-9-18-17-8-7-15(13(2)3)10-16(17)12-19(5)11-14(4)20/h13-18,20H,6-12H2,1-5H3. The third-order valence-corrected chi connectivity index (χ3v) is 4.74. The average molecular weight is 284 g/mol. The van der Waals surface area contributed by atoms with Gasteiger partial charge in [-0.2, -0.15) is 0 Å². The second kappa shape index (κ2) is 9.01. The Morgan fingerprint density at radius 2 is 1.95 bits per heavy atom. The van der Waals surface area contributed by atoms with Crippen molar-refractivity contribution in [2.45, 2.75) is 65.5 Å². The third-order valence-electron chi connectivity index (χ3n) is 4.74. The van der Waals surface area contributed by atoms with Gasteiger partial charge >= 0.3 is 0 Å². The molecule has 3 nitrogen and oxygen atoms in total. The molecule has 0 saturated heterocycles. The zero-order valence-corrected chi connectivity index (χ0v) is 14.2. The Balaban J connectivity index is 2.56. The maximum absolute atomic E-state index is 9.54. The number of nitrogens with zero attached hydrogens (tertiary/aromatic N) is 1. The number of nitrogens with one attached hydrogen (secondary N) is 1. The SMILES string of the molecule is CCCNC1CCC(C(C)C)CC1CN(C)CC(C)O. The first-order chi connectivity index (χ1) is 9.43. The summed E-state index contributed by atoms with van der Waals surface area (Å²) in [6.07, 6.45) is 5.00. The van der Waals surface area contributed by atoms with E-state index in [4.69, 9.17) is 0 Å². The van der Waals surface area contributed by atoms with Crippen molar-refractivity contribution in [3.8, 4) is 0 Å². The highest BCUT2D eigenvalue weighted by molar-refractivity contribution is 4.87. The van der Waals surface area contributed by atoms with E-state index in [9.17, 15) is 5.11 Å². The van der Waals surface area contributed by atoms with Gasteiger partial charge in [-0.3, -0.25) is 0 Å². The molecule has 1 aliphatic rings. The molecule has 4 unspecified atom stereocenters. The Kier molecular flexibility index (Phi) is 8.08. The Bertz CT molecular complexity index is 255. The molecule has 0 aromatic rings. The van der Waals surface area contributed by atoms with E-state index in [1.165, 1.54) is 25.7 Å². The maximum Gasteiger partial charge on any atom is 0.0638 e. The summed E-state index contributed by atoms with van der Waals surface area (Å²) in [5, 5.41) is 13.3. The minimum atomic E-state index is -0.230. The molecule has 1 saturated carbocycles. The lowest BCUT2D eigenvalue weighted by Crippen LogP contribution is -2.46. The Labute approximate surface area is 126 Å². The second-order valence-electron chi connectivity index (χ2n) is 7.21. The monoisotopic (exact) mass is 284 g/mol. The molecule has 0 aliphatic heterocycles. The summed E-state index contributed by atoms with van der Waals surface area (Å²) in [5.41, 5.74) is 0. The van der Waals surface area contributed by atoms with Gasteiger partial charge in [0.2, 0.25) is 0 Å². The summed E-state index contributed by atoms with van der Waals surface area (Å²) in [4.78, 5) is 2.30. The molecule has 1 rings (SSSR count). The smallest absolute Gasteiger partial charge is 0.0638 e. The van der Waals surface area contributed by atoms with Gasteiger partial charge in [0.25, 0.3) is 0 Å². The van der Waals surface area contributed by atoms with Crippen molar-refractivity contribution in [3.63, 3.8) is 0 Å². The zero-order chi connectivity index (χ0) is 15.1. The lowest BCUT2D eigenvalue weighted by molar-refractivity contribution is 0.0981. The molecule has 2 N–H and O–H groups in total. The van der Waals surface area contributed by atoms with Crippen LogP contribution in [0.25, 0.3) is 0 Å². The van der Waals surface area contributed by atoms with Gasteiger partial charge in [-0.1, -0.05) is 20.8 Å². The molecule has 0 bridgehead atoms.